The van der Waals surface area contributed by atoms with Crippen molar-refractivity contribution < 1.29 is 4.74 Å². The quantitative estimate of drug-likeness (QED) is 0.943. The van der Waals surface area contributed by atoms with Crippen LogP contribution in [-0.4, -0.2) is 24.2 Å². The summed E-state index contributed by atoms with van der Waals surface area (Å²) < 4.78 is 5.52. The van der Waals surface area contributed by atoms with Crippen molar-refractivity contribution in [2.75, 3.05) is 13.2 Å². The summed E-state index contributed by atoms with van der Waals surface area (Å²) in [6, 6.07) is 11.5. The van der Waals surface area contributed by atoms with Crippen molar-refractivity contribution >= 4 is 6.02 Å². The van der Waals surface area contributed by atoms with E-state index in [1.165, 1.54) is 22.3 Å². The van der Waals surface area contributed by atoms with Gasteiger partial charge in [0.05, 0.1) is 12.6 Å². The van der Waals surface area contributed by atoms with Crippen molar-refractivity contribution in [3.05, 3.63) is 65.0 Å². The Morgan fingerprint density at radius 2 is 2.09 bits per heavy atom. The van der Waals surface area contributed by atoms with E-state index in [2.05, 4.69) is 59.5 Å². The average molecular weight is 295 g/mol. The molecular formula is C18H21N3O. The molecule has 4 nitrogen and oxygen atoms in total. The zero-order valence-electron chi connectivity index (χ0n) is 13.0. The molecule has 0 saturated carbocycles. The van der Waals surface area contributed by atoms with E-state index < -0.39 is 0 Å². The van der Waals surface area contributed by atoms with Crippen molar-refractivity contribution in [2.45, 2.75) is 26.3 Å². The molecule has 114 valence electrons. The van der Waals surface area contributed by atoms with Gasteiger partial charge in [-0.15, -0.1) is 0 Å². The van der Waals surface area contributed by atoms with Gasteiger partial charge in [-0.05, 0) is 37.0 Å². The molecule has 1 aliphatic heterocycles. The molecule has 0 radical (unpaired) electrons. The summed E-state index contributed by atoms with van der Waals surface area (Å²) in [5, 5.41) is 3.43. The van der Waals surface area contributed by atoms with Crippen LogP contribution in [0.1, 0.15) is 28.3 Å². The molecule has 0 amide bonds. The third-order valence-electron chi connectivity index (χ3n) is 3.70. The Bertz CT molecular complexity index is 682. The smallest absolute Gasteiger partial charge is 0.285 e. The van der Waals surface area contributed by atoms with Crippen LogP contribution in [0.15, 0.2) is 47.7 Å². The van der Waals surface area contributed by atoms with Crippen LogP contribution in [0.25, 0.3) is 0 Å². The molecule has 1 atom stereocenters. The SMILES string of the molecule is Cc1cncc(CC(NC2=NCCO2)c2cccc(C)c2)c1. The molecule has 0 bridgehead atoms. The van der Waals surface area contributed by atoms with Crippen LogP contribution in [-0.2, 0) is 11.2 Å². The Hall–Kier alpha value is -2.36. The van der Waals surface area contributed by atoms with Crippen LogP contribution in [0.2, 0.25) is 0 Å². The van der Waals surface area contributed by atoms with Crippen LogP contribution in [0.5, 0.6) is 0 Å². The second-order valence-corrected chi connectivity index (χ2v) is 5.72. The Kier molecular flexibility index (Phi) is 4.37. The van der Waals surface area contributed by atoms with Gasteiger partial charge in [0.25, 0.3) is 6.02 Å². The lowest BCUT2D eigenvalue weighted by Gasteiger charge is -2.20. The fourth-order valence-electron chi connectivity index (χ4n) is 2.68. The molecule has 3 rings (SSSR count). The second kappa shape index (κ2) is 6.60. The summed E-state index contributed by atoms with van der Waals surface area (Å²) in [4.78, 5) is 8.64. The number of benzene rings is 1. The molecule has 4 heteroatoms. The number of nitrogens with one attached hydrogen (secondary N) is 1. The first-order chi connectivity index (χ1) is 10.7. The van der Waals surface area contributed by atoms with E-state index in [1.807, 2.05) is 12.4 Å². The number of hydrogen-bond acceptors (Lipinski definition) is 4. The molecule has 2 heterocycles. The van der Waals surface area contributed by atoms with Gasteiger partial charge < -0.3 is 10.1 Å². The molecule has 0 fully saturated rings. The number of ether oxygens (including phenoxy) is 1. The molecule has 0 spiro atoms. The van der Waals surface area contributed by atoms with Gasteiger partial charge in [0, 0.05) is 12.4 Å². The molecule has 2 aromatic rings. The fourth-order valence-corrected chi connectivity index (χ4v) is 2.68. The van der Waals surface area contributed by atoms with Crippen molar-refractivity contribution in [3.8, 4) is 0 Å². The van der Waals surface area contributed by atoms with Gasteiger partial charge in [-0.2, -0.15) is 0 Å². The molecule has 1 aromatic heterocycles. The summed E-state index contributed by atoms with van der Waals surface area (Å²) in [5.41, 5.74) is 4.87. The Balaban J connectivity index is 1.85. The third kappa shape index (κ3) is 3.64. The normalized spacial score (nSPS) is 15.1. The highest BCUT2D eigenvalue weighted by atomic mass is 16.5. The Morgan fingerprint density at radius 3 is 2.82 bits per heavy atom. The van der Waals surface area contributed by atoms with Crippen LogP contribution in [0.4, 0.5) is 0 Å². The number of hydrogen-bond donors (Lipinski definition) is 1. The zero-order chi connectivity index (χ0) is 15.4. The maximum atomic E-state index is 5.52. The van der Waals surface area contributed by atoms with Crippen LogP contribution in [0, 0.1) is 13.8 Å². The lowest BCUT2D eigenvalue weighted by molar-refractivity contribution is 0.325. The molecule has 0 saturated heterocycles. The molecular weight excluding hydrogens is 274 g/mol. The average Bonchev–Trinajstić information content (AvgIpc) is 3.00. The number of amidine groups is 1. The number of pyridine rings is 1. The van der Waals surface area contributed by atoms with E-state index in [9.17, 15) is 0 Å². The summed E-state index contributed by atoms with van der Waals surface area (Å²) in [7, 11) is 0. The first kappa shape index (κ1) is 14.6. The lowest BCUT2D eigenvalue weighted by Crippen LogP contribution is -2.30. The largest absolute Gasteiger partial charge is 0.463 e. The first-order valence-corrected chi connectivity index (χ1v) is 7.61. The number of aromatic nitrogens is 1. The van der Waals surface area contributed by atoms with Gasteiger partial charge >= 0.3 is 0 Å². The standard InChI is InChI=1S/C18H21N3O/c1-13-4-3-5-16(9-13)17(21-18-20-6-7-22-18)10-15-8-14(2)11-19-12-15/h3-5,8-9,11-12,17H,6-7,10H2,1-2H3,(H,20,21). The van der Waals surface area contributed by atoms with E-state index in [0.717, 1.165) is 13.0 Å². The number of nitrogens with zero attached hydrogens (tertiary/aromatic N) is 2. The van der Waals surface area contributed by atoms with Crippen molar-refractivity contribution in [3.63, 3.8) is 0 Å². The highest BCUT2D eigenvalue weighted by molar-refractivity contribution is 5.75. The number of aryl methyl sites for hydroxylation is 2. The summed E-state index contributed by atoms with van der Waals surface area (Å²) in [5.74, 6) is 0. The van der Waals surface area contributed by atoms with Gasteiger partial charge in [-0.25, -0.2) is 4.99 Å². The molecule has 0 aliphatic carbocycles. The van der Waals surface area contributed by atoms with Gasteiger partial charge in [-0.1, -0.05) is 35.9 Å². The Morgan fingerprint density at radius 1 is 1.18 bits per heavy atom. The summed E-state index contributed by atoms with van der Waals surface area (Å²) in [6.45, 7) is 5.57. The number of rotatable bonds is 4. The molecule has 1 aliphatic rings. The second-order valence-electron chi connectivity index (χ2n) is 5.72. The molecule has 1 unspecified atom stereocenters. The Labute approximate surface area is 131 Å². The topological polar surface area (TPSA) is 46.5 Å². The lowest BCUT2D eigenvalue weighted by atomic mass is 9.98. The van der Waals surface area contributed by atoms with E-state index in [1.54, 1.807) is 0 Å². The van der Waals surface area contributed by atoms with Crippen LogP contribution < -0.4 is 5.32 Å². The maximum absolute atomic E-state index is 5.52. The molecule has 1 aromatic carbocycles. The van der Waals surface area contributed by atoms with Gasteiger partial charge in [0.2, 0.25) is 0 Å². The van der Waals surface area contributed by atoms with Crippen molar-refractivity contribution in [1.29, 1.82) is 0 Å². The molecule has 22 heavy (non-hydrogen) atoms. The third-order valence-corrected chi connectivity index (χ3v) is 3.70. The van der Waals surface area contributed by atoms with Gasteiger partial charge in [-0.3, -0.25) is 4.98 Å². The predicted molar refractivity (Wildman–Crippen MR) is 88.0 cm³/mol. The zero-order valence-corrected chi connectivity index (χ0v) is 13.0. The van der Waals surface area contributed by atoms with Gasteiger partial charge in [0.1, 0.15) is 6.61 Å². The fraction of sp³-hybridized carbons (Fsp3) is 0.333. The van der Waals surface area contributed by atoms with E-state index in [4.69, 9.17) is 4.74 Å². The maximum Gasteiger partial charge on any atom is 0.285 e. The predicted octanol–water partition coefficient (Wildman–Crippen LogP) is 2.96. The minimum atomic E-state index is 0.125. The van der Waals surface area contributed by atoms with E-state index in [-0.39, 0.29) is 6.04 Å². The van der Waals surface area contributed by atoms with Gasteiger partial charge in [0.15, 0.2) is 0 Å². The summed E-state index contributed by atoms with van der Waals surface area (Å²) in [6.07, 6.45) is 4.65. The van der Waals surface area contributed by atoms with E-state index >= 15 is 0 Å². The van der Waals surface area contributed by atoms with Crippen molar-refractivity contribution in [1.82, 2.24) is 10.3 Å². The van der Waals surface area contributed by atoms with Crippen molar-refractivity contribution in [2.24, 2.45) is 4.99 Å². The van der Waals surface area contributed by atoms with Crippen LogP contribution >= 0.6 is 0 Å². The highest BCUT2D eigenvalue weighted by Gasteiger charge is 2.17. The van der Waals surface area contributed by atoms with Crippen LogP contribution in [0.3, 0.4) is 0 Å². The minimum Gasteiger partial charge on any atom is -0.463 e. The van der Waals surface area contributed by atoms with E-state index in [0.29, 0.717) is 12.6 Å². The number of aliphatic imine (C=N–C) groups is 1. The molecule has 1 N–H and O–H groups in total. The summed E-state index contributed by atoms with van der Waals surface area (Å²) >= 11 is 0. The highest BCUT2D eigenvalue weighted by Crippen LogP contribution is 2.20. The minimum absolute atomic E-state index is 0.125. The monoisotopic (exact) mass is 295 g/mol. The first-order valence-electron chi connectivity index (χ1n) is 7.61.